The summed E-state index contributed by atoms with van der Waals surface area (Å²) in [5.74, 6) is -0.252. The fourth-order valence-electron chi connectivity index (χ4n) is 2.86. The Morgan fingerprint density at radius 1 is 1.17 bits per heavy atom. The van der Waals surface area contributed by atoms with Crippen LogP contribution in [0.2, 0.25) is 0 Å². The summed E-state index contributed by atoms with van der Waals surface area (Å²) in [6.45, 7) is 0. The zero-order chi connectivity index (χ0) is 25.0. The van der Waals surface area contributed by atoms with Gasteiger partial charge in [0.15, 0.2) is 27.2 Å². The lowest BCUT2D eigenvalue weighted by Gasteiger charge is -2.15. The largest absolute Gasteiger partial charge is 0.454 e. The van der Waals surface area contributed by atoms with Crippen LogP contribution >= 0.6 is 0 Å². The van der Waals surface area contributed by atoms with Gasteiger partial charge in [-0.2, -0.15) is 14.8 Å². The van der Waals surface area contributed by atoms with Crippen molar-refractivity contribution in [3.63, 3.8) is 0 Å². The first kappa shape index (κ1) is 23.4. The maximum absolute atomic E-state index is 14.8. The van der Waals surface area contributed by atoms with Crippen molar-refractivity contribution in [2.24, 2.45) is 10.8 Å². The topological polar surface area (TPSA) is 159 Å². The molecule has 2 amide bonds. The molecular formula is C21H17FN8O4S. The molecular weight excluding hydrogens is 479 g/mol. The van der Waals surface area contributed by atoms with Crippen LogP contribution in [-0.4, -0.2) is 52.1 Å². The van der Waals surface area contributed by atoms with Crippen LogP contribution < -0.4 is 15.5 Å². The van der Waals surface area contributed by atoms with E-state index >= 15 is 0 Å². The number of aromatic nitrogens is 5. The molecule has 12 nitrogen and oxygen atoms in total. The summed E-state index contributed by atoms with van der Waals surface area (Å²) in [6, 6.07) is 11.7. The fraction of sp³-hybridized carbons (Fsp3) is 0.0476. The van der Waals surface area contributed by atoms with E-state index in [0.717, 1.165) is 17.3 Å². The Hall–Kier alpha value is -4.72. The van der Waals surface area contributed by atoms with Gasteiger partial charge in [0.05, 0.1) is 16.8 Å². The smallest absolute Gasteiger partial charge is 0.340 e. The number of primary amides is 1. The minimum atomic E-state index is -3.35. The first-order valence-corrected chi connectivity index (χ1v) is 11.7. The predicted octanol–water partition coefficient (Wildman–Crippen LogP) is 2.31. The van der Waals surface area contributed by atoms with Crippen molar-refractivity contribution in [1.82, 2.24) is 25.2 Å². The number of rotatable bonds is 7. The van der Waals surface area contributed by atoms with Crippen LogP contribution in [0.25, 0.3) is 5.82 Å². The lowest BCUT2D eigenvalue weighted by atomic mass is 10.2. The van der Waals surface area contributed by atoms with Gasteiger partial charge < -0.3 is 10.5 Å². The lowest BCUT2D eigenvalue weighted by Crippen LogP contribution is -2.31. The van der Waals surface area contributed by atoms with Gasteiger partial charge in [0.2, 0.25) is 0 Å². The molecule has 0 atom stereocenters. The molecule has 14 heteroatoms. The normalized spacial score (nSPS) is 11.5. The highest BCUT2D eigenvalue weighted by molar-refractivity contribution is 7.90. The molecule has 2 heterocycles. The van der Waals surface area contributed by atoms with Gasteiger partial charge >= 0.3 is 6.03 Å². The third-order valence-corrected chi connectivity index (χ3v) is 5.66. The number of pyridine rings is 1. The van der Waals surface area contributed by atoms with Crippen LogP contribution in [0.5, 0.6) is 11.5 Å². The number of urea groups is 1. The van der Waals surface area contributed by atoms with Crippen LogP contribution in [0.15, 0.2) is 77.1 Å². The molecule has 2 N–H and O–H groups in total. The van der Waals surface area contributed by atoms with Crippen molar-refractivity contribution in [2.75, 3.05) is 11.3 Å². The number of ether oxygens (including phenoxy) is 1. The average Bonchev–Trinajstić information content (AvgIpc) is 3.36. The number of hydrogen-bond donors (Lipinski definition) is 1. The Labute approximate surface area is 198 Å². The molecule has 2 aromatic heterocycles. The maximum Gasteiger partial charge on any atom is 0.340 e. The third-order valence-electron chi connectivity index (χ3n) is 4.53. The number of nitrogens with two attached hydrogens (primary N) is 1. The van der Waals surface area contributed by atoms with Gasteiger partial charge in [-0.05, 0) is 46.3 Å². The quantitative estimate of drug-likeness (QED) is 0.301. The van der Waals surface area contributed by atoms with Gasteiger partial charge in [-0.25, -0.2) is 22.6 Å². The number of carbonyl (C=O) groups excluding carboxylic acids is 1. The summed E-state index contributed by atoms with van der Waals surface area (Å²) in [6.07, 6.45) is 5.18. The minimum absolute atomic E-state index is 0.0514. The van der Waals surface area contributed by atoms with Crippen molar-refractivity contribution < 1.29 is 22.3 Å². The highest BCUT2D eigenvalue weighted by Gasteiger charge is 2.15. The fourth-order valence-corrected chi connectivity index (χ4v) is 3.49. The number of carbonyl (C=O) groups is 1. The molecule has 35 heavy (non-hydrogen) atoms. The van der Waals surface area contributed by atoms with E-state index in [9.17, 15) is 17.6 Å². The zero-order valence-electron chi connectivity index (χ0n) is 18.1. The molecule has 0 bridgehead atoms. The molecule has 4 rings (SSSR count). The van der Waals surface area contributed by atoms with Crippen molar-refractivity contribution in [2.45, 2.75) is 4.90 Å². The Morgan fingerprint density at radius 3 is 2.57 bits per heavy atom. The van der Waals surface area contributed by atoms with E-state index < -0.39 is 21.7 Å². The summed E-state index contributed by atoms with van der Waals surface area (Å²) < 4.78 is 44.8. The number of halogens is 1. The third kappa shape index (κ3) is 5.62. The lowest BCUT2D eigenvalue weighted by molar-refractivity contribution is 0.254. The van der Waals surface area contributed by atoms with E-state index in [0.29, 0.717) is 11.4 Å². The van der Waals surface area contributed by atoms with Gasteiger partial charge in [0, 0.05) is 24.6 Å². The first-order chi connectivity index (χ1) is 16.7. The van der Waals surface area contributed by atoms with Gasteiger partial charge in [0.25, 0.3) is 0 Å². The summed E-state index contributed by atoms with van der Waals surface area (Å²) in [7, 11) is -3.35. The Morgan fingerprint density at radius 2 is 1.94 bits per heavy atom. The van der Waals surface area contributed by atoms with Gasteiger partial charge in [-0.15, -0.1) is 5.10 Å². The van der Waals surface area contributed by atoms with Crippen molar-refractivity contribution >= 4 is 27.8 Å². The highest BCUT2D eigenvalue weighted by atomic mass is 32.2. The Bertz CT molecular complexity index is 1490. The molecule has 0 aliphatic rings. The van der Waals surface area contributed by atoms with E-state index in [-0.39, 0.29) is 22.1 Å². The average molecular weight is 496 g/mol. The second-order valence-corrected chi connectivity index (χ2v) is 9.07. The van der Waals surface area contributed by atoms with E-state index in [1.807, 2.05) is 0 Å². The number of anilines is 1. The number of benzene rings is 2. The predicted molar refractivity (Wildman–Crippen MR) is 123 cm³/mol. The molecule has 0 aliphatic carbocycles. The highest BCUT2D eigenvalue weighted by Crippen LogP contribution is 2.29. The molecule has 0 unspecified atom stereocenters. The van der Waals surface area contributed by atoms with Crippen molar-refractivity contribution in [1.29, 1.82) is 0 Å². The number of tetrazole rings is 1. The number of nitrogens with zero attached hydrogens (tertiary/aromatic N) is 7. The van der Waals surface area contributed by atoms with Gasteiger partial charge in [-0.1, -0.05) is 12.1 Å². The molecule has 0 saturated carbocycles. The van der Waals surface area contributed by atoms with Gasteiger partial charge in [-0.3, -0.25) is 0 Å². The molecule has 0 spiro atoms. The molecule has 0 aliphatic heterocycles. The van der Waals surface area contributed by atoms with Gasteiger partial charge in [0.1, 0.15) is 12.1 Å². The molecule has 4 aromatic rings. The molecule has 2 aromatic carbocycles. The van der Waals surface area contributed by atoms with Crippen LogP contribution in [0.3, 0.4) is 0 Å². The second kappa shape index (κ2) is 9.64. The van der Waals surface area contributed by atoms with Crippen molar-refractivity contribution in [3.05, 3.63) is 78.5 Å². The number of hydrazone groups is 1. The van der Waals surface area contributed by atoms with E-state index in [2.05, 4.69) is 25.6 Å². The summed E-state index contributed by atoms with van der Waals surface area (Å²) in [5.41, 5.74) is 5.96. The van der Waals surface area contributed by atoms with Crippen LogP contribution in [0.1, 0.15) is 5.56 Å². The SMILES string of the molecule is CS(=O)(=O)c1ccc(/C=N/N(C(N)=O)c2ccc(Oc3ccnc(-n4cnnn4)c3)c(F)c2)cc1. The second-order valence-electron chi connectivity index (χ2n) is 7.06. The molecule has 0 saturated heterocycles. The Balaban J connectivity index is 1.53. The maximum atomic E-state index is 14.8. The monoisotopic (exact) mass is 496 g/mol. The standard InChI is InChI=1S/C21H17FN8O4S/c1-35(32,33)17-5-2-14(3-6-17)12-26-30(21(23)31)15-4-7-19(18(22)10-15)34-16-8-9-24-20(11-16)29-13-25-27-28-29/h2-13H,1H3,(H2,23,31)/b26-12+. The van der Waals surface area contributed by atoms with Crippen LogP contribution in [-0.2, 0) is 9.84 Å². The molecule has 0 radical (unpaired) electrons. The summed E-state index contributed by atoms with van der Waals surface area (Å²) in [4.78, 5) is 16.2. The van der Waals surface area contributed by atoms with E-state index in [1.165, 1.54) is 72.0 Å². The zero-order valence-corrected chi connectivity index (χ0v) is 18.9. The molecule has 0 fully saturated rings. The minimum Gasteiger partial charge on any atom is -0.454 e. The summed E-state index contributed by atoms with van der Waals surface area (Å²) >= 11 is 0. The molecule has 178 valence electrons. The van der Waals surface area contributed by atoms with Crippen LogP contribution in [0, 0.1) is 5.82 Å². The van der Waals surface area contributed by atoms with E-state index in [4.69, 9.17) is 10.5 Å². The Kier molecular flexibility index (Phi) is 6.46. The summed E-state index contributed by atoms with van der Waals surface area (Å²) in [5, 5.41) is 15.6. The number of amides is 2. The number of hydrogen-bond acceptors (Lipinski definition) is 9. The van der Waals surface area contributed by atoms with E-state index in [1.54, 1.807) is 0 Å². The number of sulfone groups is 1. The van der Waals surface area contributed by atoms with Crippen molar-refractivity contribution in [3.8, 4) is 17.3 Å². The first-order valence-electron chi connectivity index (χ1n) is 9.81. The van der Waals surface area contributed by atoms with Crippen LogP contribution in [0.4, 0.5) is 14.9 Å².